The smallest absolute Gasteiger partial charge is 0.261 e. The largest absolute Gasteiger partial charge is 0.274 e. The third-order valence-corrected chi connectivity index (χ3v) is 7.43. The number of fused-ring (bicyclic) bond motifs is 4. The van der Waals surface area contributed by atoms with Crippen molar-refractivity contribution in [3.05, 3.63) is 106 Å². The molecular formula is C33H26BrNO2. The van der Waals surface area contributed by atoms with Gasteiger partial charge >= 0.3 is 0 Å². The Bertz CT molecular complexity index is 1780. The quantitative estimate of drug-likeness (QED) is 0.128. The van der Waals surface area contributed by atoms with Crippen molar-refractivity contribution in [3.63, 3.8) is 0 Å². The minimum absolute atomic E-state index is 0.191. The van der Waals surface area contributed by atoms with E-state index in [1.807, 2.05) is 57.2 Å². The van der Waals surface area contributed by atoms with Gasteiger partial charge in [0, 0.05) is 27.5 Å². The normalized spacial score (nSPS) is 14.0. The Morgan fingerprint density at radius 1 is 0.703 bits per heavy atom. The van der Waals surface area contributed by atoms with E-state index in [1.54, 1.807) is 0 Å². The van der Waals surface area contributed by atoms with Crippen LogP contribution in [0.1, 0.15) is 52.6 Å². The molecule has 2 amide bonds. The van der Waals surface area contributed by atoms with E-state index in [0.29, 0.717) is 17.7 Å². The highest BCUT2D eigenvalue weighted by molar-refractivity contribution is 9.10. The summed E-state index contributed by atoms with van der Waals surface area (Å²) in [7, 11) is 0. The van der Waals surface area contributed by atoms with Crippen LogP contribution in [0, 0.1) is 5.41 Å². The summed E-state index contributed by atoms with van der Waals surface area (Å²) in [5.74, 6) is -0.424. The lowest BCUT2D eigenvalue weighted by molar-refractivity contribution is 0.0555. The number of hydrogen-bond donors (Lipinski definition) is 0. The molecule has 0 N–H and O–H groups in total. The fourth-order valence-electron chi connectivity index (χ4n) is 5.27. The van der Waals surface area contributed by atoms with Crippen molar-refractivity contribution in [2.45, 2.75) is 20.8 Å². The van der Waals surface area contributed by atoms with Gasteiger partial charge in [0.05, 0.1) is 0 Å². The Kier molecular flexibility index (Phi) is 5.54. The Hall–Kier alpha value is -3.76. The van der Waals surface area contributed by atoms with E-state index in [0.717, 1.165) is 47.9 Å². The maximum atomic E-state index is 13.6. The highest BCUT2D eigenvalue weighted by atomic mass is 79.9. The van der Waals surface area contributed by atoms with Crippen LogP contribution < -0.4 is 0 Å². The maximum absolute atomic E-state index is 13.6. The van der Waals surface area contributed by atoms with Crippen LogP contribution in [0.25, 0.3) is 44.5 Å². The predicted octanol–water partition coefficient (Wildman–Crippen LogP) is 8.72. The number of benzene rings is 5. The molecule has 0 unspecified atom stereocenters. The molecule has 4 heteroatoms. The molecule has 1 heterocycles. The van der Waals surface area contributed by atoms with Crippen LogP contribution in [0.2, 0.25) is 0 Å². The topological polar surface area (TPSA) is 37.4 Å². The second-order valence-corrected chi connectivity index (χ2v) is 11.9. The SMILES string of the molecule is CC(C)(C)CN1C(=O)c2cccc3c2c(cc2ccc4ccc(/C=C\c5ccc(Br)cc5)cc4c23)C1=O. The summed E-state index contributed by atoms with van der Waals surface area (Å²) in [6, 6.07) is 26.6. The van der Waals surface area contributed by atoms with Crippen LogP contribution in [-0.4, -0.2) is 23.3 Å². The highest BCUT2D eigenvalue weighted by Gasteiger charge is 2.35. The van der Waals surface area contributed by atoms with Crippen molar-refractivity contribution < 1.29 is 9.59 Å². The van der Waals surface area contributed by atoms with Crippen molar-refractivity contribution in [3.8, 4) is 0 Å². The monoisotopic (exact) mass is 547 g/mol. The van der Waals surface area contributed by atoms with E-state index in [9.17, 15) is 9.59 Å². The van der Waals surface area contributed by atoms with Gasteiger partial charge in [0.2, 0.25) is 0 Å². The summed E-state index contributed by atoms with van der Waals surface area (Å²) in [6.45, 7) is 6.50. The standard InChI is InChI=1S/C33H26BrNO2/c1-33(2,3)19-35-31(36)26-6-4-5-25-29-23(18-28(30(25)26)32(35)37)14-13-22-12-9-21(17-27(22)29)8-7-20-10-15-24(34)16-11-20/h4-18H,19H2,1-3H3/b8-7-. The van der Waals surface area contributed by atoms with Gasteiger partial charge in [-0.2, -0.15) is 0 Å². The summed E-state index contributed by atoms with van der Waals surface area (Å²) in [6.07, 6.45) is 4.22. The molecular weight excluding hydrogens is 522 g/mol. The minimum atomic E-state index is -0.212. The average molecular weight is 548 g/mol. The third kappa shape index (κ3) is 4.15. The number of rotatable bonds is 3. The van der Waals surface area contributed by atoms with Gasteiger partial charge in [0.15, 0.2) is 0 Å². The Morgan fingerprint density at radius 2 is 1.35 bits per heavy atom. The zero-order valence-electron chi connectivity index (χ0n) is 21.0. The van der Waals surface area contributed by atoms with Crippen molar-refractivity contribution >= 4 is 72.2 Å². The predicted molar refractivity (Wildman–Crippen MR) is 157 cm³/mol. The van der Waals surface area contributed by atoms with Gasteiger partial charge in [-0.25, -0.2) is 0 Å². The third-order valence-electron chi connectivity index (χ3n) is 6.90. The number of hydrogen-bond acceptors (Lipinski definition) is 2. The molecule has 5 aromatic carbocycles. The van der Waals surface area contributed by atoms with Crippen LogP contribution in [0.3, 0.4) is 0 Å². The molecule has 0 saturated carbocycles. The van der Waals surface area contributed by atoms with E-state index >= 15 is 0 Å². The number of carbonyl (C=O) groups is 2. The lowest BCUT2D eigenvalue weighted by atomic mass is 9.87. The fourth-order valence-corrected chi connectivity index (χ4v) is 5.54. The van der Waals surface area contributed by atoms with Crippen LogP contribution in [0.4, 0.5) is 0 Å². The molecule has 0 bridgehead atoms. The zero-order valence-corrected chi connectivity index (χ0v) is 22.6. The molecule has 0 aromatic heterocycles. The summed E-state index contributed by atoms with van der Waals surface area (Å²) < 4.78 is 1.05. The first-order chi connectivity index (χ1) is 17.7. The Labute approximate surface area is 224 Å². The molecule has 0 radical (unpaired) electrons. The number of halogens is 1. The average Bonchev–Trinajstić information content (AvgIpc) is 2.88. The minimum Gasteiger partial charge on any atom is -0.274 e. The van der Waals surface area contributed by atoms with Gasteiger partial charge in [-0.15, -0.1) is 0 Å². The Balaban J connectivity index is 1.56. The van der Waals surface area contributed by atoms with Gasteiger partial charge < -0.3 is 0 Å². The van der Waals surface area contributed by atoms with Gasteiger partial charge in [-0.1, -0.05) is 97.4 Å². The van der Waals surface area contributed by atoms with Crippen molar-refractivity contribution in [2.24, 2.45) is 5.41 Å². The first kappa shape index (κ1) is 23.6. The van der Waals surface area contributed by atoms with Crippen LogP contribution in [0.15, 0.2) is 83.3 Å². The molecule has 0 atom stereocenters. The zero-order chi connectivity index (χ0) is 25.9. The van der Waals surface area contributed by atoms with Crippen molar-refractivity contribution in [1.29, 1.82) is 0 Å². The molecule has 0 saturated heterocycles. The van der Waals surface area contributed by atoms with Crippen LogP contribution in [-0.2, 0) is 0 Å². The van der Waals surface area contributed by atoms with Crippen molar-refractivity contribution in [2.75, 3.05) is 6.54 Å². The van der Waals surface area contributed by atoms with E-state index in [-0.39, 0.29) is 17.2 Å². The number of nitrogens with zero attached hydrogens (tertiary/aromatic N) is 1. The number of carbonyl (C=O) groups excluding carboxylic acids is 2. The lowest BCUT2D eigenvalue weighted by Gasteiger charge is -2.32. The number of amides is 2. The first-order valence-corrected chi connectivity index (χ1v) is 13.2. The molecule has 0 aliphatic carbocycles. The van der Waals surface area contributed by atoms with Gasteiger partial charge in [0.1, 0.15) is 0 Å². The van der Waals surface area contributed by atoms with Gasteiger partial charge in [-0.3, -0.25) is 14.5 Å². The molecule has 0 spiro atoms. The summed E-state index contributed by atoms with van der Waals surface area (Å²) >= 11 is 3.49. The second-order valence-electron chi connectivity index (χ2n) is 10.9. The summed E-state index contributed by atoms with van der Waals surface area (Å²) in [5, 5.41) is 6.01. The lowest BCUT2D eigenvalue weighted by Crippen LogP contribution is -2.44. The maximum Gasteiger partial charge on any atom is 0.261 e. The molecule has 3 nitrogen and oxygen atoms in total. The van der Waals surface area contributed by atoms with Gasteiger partial charge in [-0.05, 0) is 73.8 Å². The van der Waals surface area contributed by atoms with E-state index in [2.05, 4.69) is 70.5 Å². The molecule has 0 fully saturated rings. The van der Waals surface area contributed by atoms with Gasteiger partial charge in [0.25, 0.3) is 11.8 Å². The van der Waals surface area contributed by atoms with E-state index in [1.165, 1.54) is 4.90 Å². The van der Waals surface area contributed by atoms with E-state index < -0.39 is 0 Å². The first-order valence-electron chi connectivity index (χ1n) is 12.4. The fraction of sp³-hybridized carbons (Fsp3) is 0.152. The van der Waals surface area contributed by atoms with Crippen LogP contribution in [0.5, 0.6) is 0 Å². The van der Waals surface area contributed by atoms with Crippen molar-refractivity contribution in [1.82, 2.24) is 4.90 Å². The molecule has 182 valence electrons. The summed E-state index contributed by atoms with van der Waals surface area (Å²) in [4.78, 5) is 28.5. The Morgan fingerprint density at radius 3 is 2.11 bits per heavy atom. The molecule has 6 rings (SSSR count). The molecule has 1 aliphatic rings. The molecule has 37 heavy (non-hydrogen) atoms. The van der Waals surface area contributed by atoms with E-state index in [4.69, 9.17) is 0 Å². The summed E-state index contributed by atoms with van der Waals surface area (Å²) in [5.41, 5.74) is 3.23. The highest BCUT2D eigenvalue weighted by Crippen LogP contribution is 2.39. The van der Waals surface area contributed by atoms with Crippen LogP contribution >= 0.6 is 15.9 Å². The molecule has 1 aliphatic heterocycles. The molecule has 5 aromatic rings. The second kappa shape index (κ2) is 8.67. The number of imide groups is 1.